The highest BCUT2D eigenvalue weighted by molar-refractivity contribution is 6.31. The molecule has 0 aliphatic heterocycles. The molecule has 104 valence electrons. The Morgan fingerprint density at radius 3 is 2.65 bits per heavy atom. The molecule has 2 aromatic rings. The van der Waals surface area contributed by atoms with Crippen LogP contribution in [0.5, 0.6) is 5.75 Å². The predicted molar refractivity (Wildman–Crippen MR) is 74.0 cm³/mol. The largest absolute Gasteiger partial charge is 0.497 e. The highest BCUT2D eigenvalue weighted by atomic mass is 35.5. The van der Waals surface area contributed by atoms with Gasteiger partial charge in [0.15, 0.2) is 0 Å². The van der Waals surface area contributed by atoms with E-state index in [1.165, 1.54) is 6.33 Å². The molecule has 0 atom stereocenters. The molecular weight excluding hydrogens is 284 g/mol. The summed E-state index contributed by atoms with van der Waals surface area (Å²) in [6, 6.07) is 7.30. The van der Waals surface area contributed by atoms with Gasteiger partial charge >= 0.3 is 5.69 Å². The van der Waals surface area contributed by atoms with Crippen LogP contribution in [0.2, 0.25) is 5.15 Å². The van der Waals surface area contributed by atoms with Gasteiger partial charge in [-0.2, -0.15) is 0 Å². The van der Waals surface area contributed by atoms with Gasteiger partial charge in [-0.15, -0.1) is 0 Å². The van der Waals surface area contributed by atoms with Crippen LogP contribution < -0.4 is 10.1 Å². The summed E-state index contributed by atoms with van der Waals surface area (Å²) < 4.78 is 5.05. The molecule has 0 fully saturated rings. The average molecular weight is 295 g/mol. The first kappa shape index (κ1) is 14.0. The molecule has 20 heavy (non-hydrogen) atoms. The van der Waals surface area contributed by atoms with Crippen molar-refractivity contribution >= 4 is 23.1 Å². The highest BCUT2D eigenvalue weighted by Crippen LogP contribution is 2.28. The minimum Gasteiger partial charge on any atom is -0.497 e. The Hall–Kier alpha value is -2.41. The van der Waals surface area contributed by atoms with E-state index in [1.54, 1.807) is 19.2 Å². The van der Waals surface area contributed by atoms with Crippen LogP contribution >= 0.6 is 11.6 Å². The van der Waals surface area contributed by atoms with Gasteiger partial charge in [0.2, 0.25) is 11.0 Å². The minimum absolute atomic E-state index is 0.0887. The Bertz CT molecular complexity index is 619. The lowest BCUT2D eigenvalue weighted by Gasteiger charge is -2.07. The zero-order valence-corrected chi connectivity index (χ0v) is 11.3. The van der Waals surface area contributed by atoms with E-state index in [0.717, 1.165) is 11.3 Å². The van der Waals surface area contributed by atoms with Crippen molar-refractivity contribution in [1.82, 2.24) is 9.97 Å². The number of hydrogen-bond acceptors (Lipinski definition) is 6. The summed E-state index contributed by atoms with van der Waals surface area (Å²) in [6.45, 7) is 0.373. The number of nitrogens with zero attached hydrogens (tertiary/aromatic N) is 3. The predicted octanol–water partition coefficient (Wildman–Crippen LogP) is 2.66. The number of rotatable bonds is 5. The quantitative estimate of drug-likeness (QED) is 0.518. The summed E-state index contributed by atoms with van der Waals surface area (Å²) in [5, 5.41) is 13.6. The van der Waals surface area contributed by atoms with Crippen molar-refractivity contribution in [2.24, 2.45) is 0 Å². The number of hydrogen-bond donors (Lipinski definition) is 1. The van der Waals surface area contributed by atoms with Crippen molar-refractivity contribution in [2.75, 3.05) is 12.4 Å². The summed E-state index contributed by atoms with van der Waals surface area (Å²) in [7, 11) is 1.58. The zero-order chi connectivity index (χ0) is 14.5. The van der Waals surface area contributed by atoms with E-state index in [0.29, 0.717) is 6.54 Å². The molecule has 0 radical (unpaired) electrons. The van der Waals surface area contributed by atoms with E-state index in [1.807, 2.05) is 12.1 Å². The molecule has 1 aromatic carbocycles. The maximum atomic E-state index is 10.9. The van der Waals surface area contributed by atoms with E-state index in [9.17, 15) is 10.1 Å². The van der Waals surface area contributed by atoms with E-state index >= 15 is 0 Å². The SMILES string of the molecule is COc1ccc(CNc2ncnc(Cl)c2[N+](=O)[O-])cc1. The first-order valence-corrected chi connectivity index (χ1v) is 6.01. The zero-order valence-electron chi connectivity index (χ0n) is 10.5. The van der Waals surface area contributed by atoms with Gasteiger partial charge in [0, 0.05) is 6.54 Å². The number of methoxy groups -OCH3 is 1. The van der Waals surface area contributed by atoms with Gasteiger partial charge < -0.3 is 10.1 Å². The number of anilines is 1. The summed E-state index contributed by atoms with van der Waals surface area (Å²) in [5.41, 5.74) is 0.595. The smallest absolute Gasteiger partial charge is 0.348 e. The van der Waals surface area contributed by atoms with Gasteiger partial charge in [-0.25, -0.2) is 9.97 Å². The van der Waals surface area contributed by atoms with Crippen LogP contribution in [0.4, 0.5) is 11.5 Å². The maximum absolute atomic E-state index is 10.9. The van der Waals surface area contributed by atoms with Gasteiger partial charge in [-0.3, -0.25) is 10.1 Å². The molecule has 8 heteroatoms. The lowest BCUT2D eigenvalue weighted by Crippen LogP contribution is -2.05. The molecule has 1 heterocycles. The molecule has 0 aliphatic carbocycles. The fourth-order valence-electron chi connectivity index (χ4n) is 1.58. The third kappa shape index (κ3) is 3.12. The molecule has 0 saturated carbocycles. The first-order chi connectivity index (χ1) is 9.61. The van der Waals surface area contributed by atoms with E-state index < -0.39 is 4.92 Å². The second-order valence-corrected chi connectivity index (χ2v) is 4.18. The second-order valence-electron chi connectivity index (χ2n) is 3.82. The Morgan fingerprint density at radius 1 is 1.35 bits per heavy atom. The number of nitro groups is 1. The van der Waals surface area contributed by atoms with Gasteiger partial charge in [-0.05, 0) is 17.7 Å². The van der Waals surface area contributed by atoms with Crippen molar-refractivity contribution in [3.05, 3.63) is 51.4 Å². The summed E-state index contributed by atoms with van der Waals surface area (Å²) in [6.07, 6.45) is 1.17. The summed E-state index contributed by atoms with van der Waals surface area (Å²) in [5.74, 6) is 0.829. The highest BCUT2D eigenvalue weighted by Gasteiger charge is 2.21. The molecule has 1 aromatic heterocycles. The Balaban J connectivity index is 2.14. The third-order valence-corrected chi connectivity index (χ3v) is 2.86. The normalized spacial score (nSPS) is 10.1. The number of benzene rings is 1. The molecule has 0 bridgehead atoms. The van der Waals surface area contributed by atoms with Gasteiger partial charge in [0.25, 0.3) is 0 Å². The Morgan fingerprint density at radius 2 is 2.05 bits per heavy atom. The maximum Gasteiger partial charge on any atom is 0.348 e. The lowest BCUT2D eigenvalue weighted by atomic mass is 10.2. The third-order valence-electron chi connectivity index (χ3n) is 2.58. The average Bonchev–Trinajstić information content (AvgIpc) is 2.45. The lowest BCUT2D eigenvalue weighted by molar-refractivity contribution is -0.384. The van der Waals surface area contributed by atoms with Crippen molar-refractivity contribution in [2.45, 2.75) is 6.54 Å². The van der Waals surface area contributed by atoms with Crippen molar-refractivity contribution < 1.29 is 9.66 Å². The standard InChI is InChI=1S/C12H11ClN4O3/c1-20-9-4-2-8(3-5-9)6-14-12-10(17(18)19)11(13)15-7-16-12/h2-5,7H,6H2,1H3,(H,14,15,16). The number of halogens is 1. The van der Waals surface area contributed by atoms with Crippen LogP contribution in [-0.2, 0) is 6.54 Å². The van der Waals surface area contributed by atoms with E-state index in [4.69, 9.17) is 16.3 Å². The van der Waals surface area contributed by atoms with E-state index in [2.05, 4.69) is 15.3 Å². The van der Waals surface area contributed by atoms with Crippen molar-refractivity contribution in [3.63, 3.8) is 0 Å². The van der Waals surface area contributed by atoms with Crippen LogP contribution in [0.1, 0.15) is 5.56 Å². The summed E-state index contributed by atoms with van der Waals surface area (Å²) >= 11 is 5.70. The Labute approximate surface area is 119 Å². The van der Waals surface area contributed by atoms with Crippen LogP contribution in [0.25, 0.3) is 0 Å². The molecule has 7 nitrogen and oxygen atoms in total. The van der Waals surface area contributed by atoms with Gasteiger partial charge in [0.1, 0.15) is 12.1 Å². The molecular formula is C12H11ClN4O3. The molecule has 1 N–H and O–H groups in total. The van der Waals surface area contributed by atoms with Crippen LogP contribution in [0.3, 0.4) is 0 Å². The first-order valence-electron chi connectivity index (χ1n) is 5.63. The van der Waals surface area contributed by atoms with Crippen LogP contribution in [0, 0.1) is 10.1 Å². The number of aromatic nitrogens is 2. The molecule has 0 aliphatic rings. The molecule has 0 saturated heterocycles. The monoisotopic (exact) mass is 294 g/mol. The number of nitrogens with one attached hydrogen (secondary N) is 1. The topological polar surface area (TPSA) is 90.2 Å². The van der Waals surface area contributed by atoms with E-state index in [-0.39, 0.29) is 16.7 Å². The van der Waals surface area contributed by atoms with Gasteiger partial charge in [0.05, 0.1) is 12.0 Å². The summed E-state index contributed by atoms with van der Waals surface area (Å²) in [4.78, 5) is 17.7. The fraction of sp³-hybridized carbons (Fsp3) is 0.167. The van der Waals surface area contributed by atoms with Gasteiger partial charge in [-0.1, -0.05) is 23.7 Å². The van der Waals surface area contributed by atoms with Crippen molar-refractivity contribution in [3.8, 4) is 5.75 Å². The van der Waals surface area contributed by atoms with Crippen LogP contribution in [0.15, 0.2) is 30.6 Å². The molecule has 0 unspecified atom stereocenters. The molecule has 0 amide bonds. The molecule has 2 rings (SSSR count). The fourth-order valence-corrected chi connectivity index (χ4v) is 1.78. The second kappa shape index (κ2) is 6.16. The van der Waals surface area contributed by atoms with Crippen molar-refractivity contribution in [1.29, 1.82) is 0 Å². The minimum atomic E-state index is -0.612. The molecule has 0 spiro atoms. The number of ether oxygens (including phenoxy) is 1. The van der Waals surface area contributed by atoms with Crippen LogP contribution in [-0.4, -0.2) is 22.0 Å². The Kier molecular flexibility index (Phi) is 4.31.